The van der Waals surface area contributed by atoms with Gasteiger partial charge in [-0.25, -0.2) is 4.39 Å². The molecule has 1 aliphatic heterocycles. The number of amides is 1. The number of carbonyl (C=O) groups is 1. The highest BCUT2D eigenvalue weighted by molar-refractivity contribution is 5.78. The molecular weight excluding hydrogens is 335 g/mol. The van der Waals surface area contributed by atoms with E-state index < -0.39 is 0 Å². The Morgan fingerprint density at radius 2 is 1.88 bits per heavy atom. The van der Waals surface area contributed by atoms with E-state index in [4.69, 9.17) is 9.47 Å². The third-order valence-electron chi connectivity index (χ3n) is 4.44. The zero-order chi connectivity index (χ0) is 18.5. The third kappa shape index (κ3) is 4.32. The van der Waals surface area contributed by atoms with E-state index in [1.165, 1.54) is 6.07 Å². The maximum absolute atomic E-state index is 13.8. The monoisotopic (exact) mass is 358 g/mol. The van der Waals surface area contributed by atoms with Crippen molar-refractivity contribution in [2.24, 2.45) is 0 Å². The van der Waals surface area contributed by atoms with Gasteiger partial charge in [0.15, 0.2) is 11.5 Å². The molecule has 26 heavy (non-hydrogen) atoms. The van der Waals surface area contributed by atoms with Gasteiger partial charge in [0, 0.05) is 25.7 Å². The summed E-state index contributed by atoms with van der Waals surface area (Å²) in [5, 5.41) is 0. The molecule has 0 saturated carbocycles. The van der Waals surface area contributed by atoms with Crippen LogP contribution in [0.3, 0.4) is 0 Å². The van der Waals surface area contributed by atoms with E-state index in [0.717, 1.165) is 23.6 Å². The van der Waals surface area contributed by atoms with E-state index in [-0.39, 0.29) is 31.6 Å². The van der Waals surface area contributed by atoms with Crippen LogP contribution in [0, 0.1) is 5.82 Å². The Balaban J connectivity index is 1.58. The van der Waals surface area contributed by atoms with Crippen molar-refractivity contribution in [3.63, 3.8) is 0 Å². The van der Waals surface area contributed by atoms with Crippen LogP contribution in [0.1, 0.15) is 18.1 Å². The number of rotatable bonds is 7. The molecule has 0 fully saturated rings. The molecule has 0 radical (unpaired) electrons. The second-order valence-electron chi connectivity index (χ2n) is 6.33. The Morgan fingerprint density at radius 3 is 2.65 bits per heavy atom. The molecule has 6 heteroatoms. The van der Waals surface area contributed by atoms with Crippen LogP contribution in [0.5, 0.6) is 11.5 Å². The van der Waals surface area contributed by atoms with Crippen LogP contribution in [-0.2, 0) is 17.9 Å². The second kappa shape index (κ2) is 8.19. The van der Waals surface area contributed by atoms with Gasteiger partial charge in [0.2, 0.25) is 12.7 Å². The Kier molecular flexibility index (Phi) is 5.73. The lowest BCUT2D eigenvalue weighted by atomic mass is 10.2. The summed E-state index contributed by atoms with van der Waals surface area (Å²) in [6, 6.07) is 12.3. The number of nitrogens with zero attached hydrogens (tertiary/aromatic N) is 2. The topological polar surface area (TPSA) is 42.0 Å². The lowest BCUT2D eigenvalue weighted by molar-refractivity contribution is -0.131. The summed E-state index contributed by atoms with van der Waals surface area (Å²) in [5.74, 6) is 1.15. The van der Waals surface area contributed by atoms with Crippen LogP contribution in [0.25, 0.3) is 0 Å². The van der Waals surface area contributed by atoms with Gasteiger partial charge in [0.25, 0.3) is 0 Å². The molecule has 0 aliphatic carbocycles. The molecular formula is C20H23FN2O3. The molecule has 0 saturated heterocycles. The van der Waals surface area contributed by atoms with E-state index in [1.807, 2.05) is 30.0 Å². The van der Waals surface area contributed by atoms with Gasteiger partial charge in [0.1, 0.15) is 5.82 Å². The largest absolute Gasteiger partial charge is 0.454 e. The third-order valence-corrected chi connectivity index (χ3v) is 4.44. The summed E-state index contributed by atoms with van der Waals surface area (Å²) >= 11 is 0. The quantitative estimate of drug-likeness (QED) is 0.763. The van der Waals surface area contributed by atoms with E-state index >= 15 is 0 Å². The van der Waals surface area contributed by atoms with Crippen molar-refractivity contribution in [2.75, 3.05) is 26.9 Å². The first-order valence-electron chi connectivity index (χ1n) is 8.65. The first-order chi connectivity index (χ1) is 12.6. The van der Waals surface area contributed by atoms with Crippen LogP contribution < -0.4 is 9.47 Å². The molecule has 0 N–H and O–H groups in total. The Hall–Kier alpha value is -2.60. The molecule has 0 spiro atoms. The lowest BCUT2D eigenvalue weighted by Crippen LogP contribution is -2.37. The fraction of sp³-hybridized carbons (Fsp3) is 0.350. The van der Waals surface area contributed by atoms with Gasteiger partial charge in [-0.3, -0.25) is 9.69 Å². The molecule has 0 aromatic heterocycles. The van der Waals surface area contributed by atoms with Gasteiger partial charge in [-0.15, -0.1) is 0 Å². The minimum absolute atomic E-state index is 0.0455. The molecule has 2 aromatic carbocycles. The van der Waals surface area contributed by atoms with Gasteiger partial charge in [-0.2, -0.15) is 0 Å². The van der Waals surface area contributed by atoms with Crippen molar-refractivity contribution in [1.29, 1.82) is 0 Å². The highest BCUT2D eigenvalue weighted by atomic mass is 19.1. The molecule has 1 aliphatic rings. The van der Waals surface area contributed by atoms with E-state index in [0.29, 0.717) is 12.1 Å². The normalized spacial score (nSPS) is 12.5. The van der Waals surface area contributed by atoms with E-state index in [9.17, 15) is 9.18 Å². The van der Waals surface area contributed by atoms with Gasteiger partial charge in [0.05, 0.1) is 6.54 Å². The molecule has 138 valence electrons. The number of halogens is 1. The van der Waals surface area contributed by atoms with Crippen molar-refractivity contribution >= 4 is 5.91 Å². The second-order valence-corrected chi connectivity index (χ2v) is 6.33. The summed E-state index contributed by atoms with van der Waals surface area (Å²) < 4.78 is 24.5. The Bertz CT molecular complexity index is 781. The van der Waals surface area contributed by atoms with E-state index in [2.05, 4.69) is 0 Å². The molecule has 5 nitrogen and oxygen atoms in total. The number of fused-ring (bicyclic) bond motifs is 1. The predicted molar refractivity (Wildman–Crippen MR) is 96.4 cm³/mol. The van der Waals surface area contributed by atoms with Gasteiger partial charge in [-0.05, 0) is 30.3 Å². The SMILES string of the molecule is CCN(CC(=O)N(C)Cc1ccccc1F)Cc1ccc2c(c1)OCO2. The number of hydrogen-bond acceptors (Lipinski definition) is 4. The standard InChI is InChI=1S/C20H23FN2O3/c1-3-23(11-15-8-9-18-19(10-15)26-14-25-18)13-20(24)22(2)12-16-6-4-5-7-17(16)21/h4-10H,3,11-14H2,1-2H3. The maximum atomic E-state index is 13.8. The van der Waals surface area contributed by atoms with Gasteiger partial charge >= 0.3 is 0 Å². The molecule has 1 amide bonds. The molecule has 1 heterocycles. The number of hydrogen-bond donors (Lipinski definition) is 0. The Labute approximate surface area is 152 Å². The highest BCUT2D eigenvalue weighted by Gasteiger charge is 2.17. The predicted octanol–water partition coefficient (Wildman–Crippen LogP) is 3.03. The van der Waals surface area contributed by atoms with Crippen molar-refractivity contribution in [2.45, 2.75) is 20.0 Å². The molecule has 3 rings (SSSR count). The van der Waals surface area contributed by atoms with Gasteiger partial charge < -0.3 is 14.4 Å². The molecule has 0 unspecified atom stereocenters. The molecule has 2 aromatic rings. The lowest BCUT2D eigenvalue weighted by Gasteiger charge is -2.24. The average molecular weight is 358 g/mol. The minimum Gasteiger partial charge on any atom is -0.454 e. The summed E-state index contributed by atoms with van der Waals surface area (Å²) in [7, 11) is 1.70. The van der Waals surface area contributed by atoms with Crippen LogP contribution in [0.2, 0.25) is 0 Å². The maximum Gasteiger partial charge on any atom is 0.236 e. The van der Waals surface area contributed by atoms with Crippen molar-refractivity contribution in [3.05, 3.63) is 59.4 Å². The first kappa shape index (κ1) is 18.2. The average Bonchev–Trinajstić information content (AvgIpc) is 3.10. The fourth-order valence-electron chi connectivity index (χ4n) is 2.86. The summed E-state index contributed by atoms with van der Waals surface area (Å²) in [6.07, 6.45) is 0. The Morgan fingerprint density at radius 1 is 1.12 bits per heavy atom. The van der Waals surface area contributed by atoms with Crippen LogP contribution in [-0.4, -0.2) is 42.6 Å². The number of likely N-dealkylation sites (N-methyl/N-ethyl adjacent to an activating group) is 2. The number of ether oxygens (including phenoxy) is 2. The molecule has 0 atom stereocenters. The van der Waals surface area contributed by atoms with Crippen LogP contribution in [0.15, 0.2) is 42.5 Å². The number of benzene rings is 2. The smallest absolute Gasteiger partial charge is 0.236 e. The first-order valence-corrected chi connectivity index (χ1v) is 8.65. The van der Waals surface area contributed by atoms with Crippen LogP contribution >= 0.6 is 0 Å². The highest BCUT2D eigenvalue weighted by Crippen LogP contribution is 2.32. The summed E-state index contributed by atoms with van der Waals surface area (Å²) in [4.78, 5) is 16.1. The van der Waals surface area contributed by atoms with Crippen molar-refractivity contribution in [1.82, 2.24) is 9.80 Å². The zero-order valence-electron chi connectivity index (χ0n) is 15.1. The van der Waals surface area contributed by atoms with E-state index in [1.54, 1.807) is 30.1 Å². The zero-order valence-corrected chi connectivity index (χ0v) is 15.1. The summed E-state index contributed by atoms with van der Waals surface area (Å²) in [5.41, 5.74) is 1.57. The van der Waals surface area contributed by atoms with Gasteiger partial charge in [-0.1, -0.05) is 31.2 Å². The minimum atomic E-state index is -0.292. The van der Waals surface area contributed by atoms with Crippen molar-refractivity contribution < 1.29 is 18.7 Å². The number of carbonyl (C=O) groups excluding carboxylic acids is 1. The van der Waals surface area contributed by atoms with Crippen molar-refractivity contribution in [3.8, 4) is 11.5 Å². The van der Waals surface area contributed by atoms with Crippen LogP contribution in [0.4, 0.5) is 4.39 Å². The molecule has 0 bridgehead atoms. The fourth-order valence-corrected chi connectivity index (χ4v) is 2.86. The summed E-state index contributed by atoms with van der Waals surface area (Å²) in [6.45, 7) is 4.15.